The molecule has 1 amide bonds. The number of aliphatic carboxylic acids is 1. The standard InChI is InChI=1S/C13H15NO3/c1-2-8-4-3-5-9(6-8)14-12(15)10-7-11(10)13(16)17/h3-6,10-11H,2,7H2,1H3,(H,14,15)(H,16,17)/t10-,11+/m1/s1. The minimum absolute atomic E-state index is 0.189. The summed E-state index contributed by atoms with van der Waals surface area (Å²) in [6.07, 6.45) is 1.36. The van der Waals surface area contributed by atoms with Gasteiger partial charge in [-0.15, -0.1) is 0 Å². The van der Waals surface area contributed by atoms with Crippen LogP contribution in [0.25, 0.3) is 0 Å². The van der Waals surface area contributed by atoms with Gasteiger partial charge in [-0.1, -0.05) is 19.1 Å². The lowest BCUT2D eigenvalue weighted by molar-refractivity contribution is -0.139. The average molecular weight is 233 g/mol. The second-order valence-corrected chi connectivity index (χ2v) is 4.33. The van der Waals surface area contributed by atoms with E-state index in [2.05, 4.69) is 5.32 Å². The quantitative estimate of drug-likeness (QED) is 0.834. The molecule has 1 saturated carbocycles. The maximum atomic E-state index is 11.7. The van der Waals surface area contributed by atoms with Crippen LogP contribution in [0.5, 0.6) is 0 Å². The lowest BCUT2D eigenvalue weighted by Crippen LogP contribution is -2.16. The molecule has 0 spiro atoms. The van der Waals surface area contributed by atoms with E-state index in [1.54, 1.807) is 0 Å². The number of hydrogen-bond donors (Lipinski definition) is 2. The molecule has 2 atom stereocenters. The van der Waals surface area contributed by atoms with Crippen LogP contribution in [0.4, 0.5) is 5.69 Å². The molecule has 0 unspecified atom stereocenters. The van der Waals surface area contributed by atoms with Gasteiger partial charge in [0.15, 0.2) is 0 Å². The molecule has 1 aromatic carbocycles. The second kappa shape index (κ2) is 4.57. The zero-order valence-corrected chi connectivity index (χ0v) is 9.64. The SMILES string of the molecule is CCc1cccc(NC(=O)[C@@H]2C[C@@H]2C(=O)O)c1. The van der Waals surface area contributed by atoms with Gasteiger partial charge in [0.2, 0.25) is 5.91 Å². The zero-order chi connectivity index (χ0) is 12.4. The van der Waals surface area contributed by atoms with Crippen molar-refractivity contribution in [1.82, 2.24) is 0 Å². The highest BCUT2D eigenvalue weighted by atomic mass is 16.4. The van der Waals surface area contributed by atoms with E-state index >= 15 is 0 Å². The Kier molecular flexibility index (Phi) is 3.13. The van der Waals surface area contributed by atoms with Crippen molar-refractivity contribution in [3.63, 3.8) is 0 Å². The van der Waals surface area contributed by atoms with Crippen LogP contribution in [0.1, 0.15) is 18.9 Å². The zero-order valence-electron chi connectivity index (χ0n) is 9.64. The van der Waals surface area contributed by atoms with Crippen molar-refractivity contribution >= 4 is 17.6 Å². The first-order valence-electron chi connectivity index (χ1n) is 5.74. The van der Waals surface area contributed by atoms with Crippen LogP contribution >= 0.6 is 0 Å². The number of nitrogens with one attached hydrogen (secondary N) is 1. The Morgan fingerprint density at radius 1 is 1.41 bits per heavy atom. The van der Waals surface area contributed by atoms with Crippen molar-refractivity contribution in [2.45, 2.75) is 19.8 Å². The molecule has 1 aliphatic carbocycles. The molecule has 0 bridgehead atoms. The van der Waals surface area contributed by atoms with Gasteiger partial charge in [-0.05, 0) is 30.5 Å². The molecule has 0 radical (unpaired) electrons. The minimum atomic E-state index is -0.882. The van der Waals surface area contributed by atoms with Crippen LogP contribution in [0.2, 0.25) is 0 Å². The van der Waals surface area contributed by atoms with Gasteiger partial charge in [-0.25, -0.2) is 0 Å². The summed E-state index contributed by atoms with van der Waals surface area (Å²) in [5.41, 5.74) is 1.89. The van der Waals surface area contributed by atoms with Crippen molar-refractivity contribution in [2.75, 3.05) is 5.32 Å². The van der Waals surface area contributed by atoms with Crippen LogP contribution < -0.4 is 5.32 Å². The maximum Gasteiger partial charge on any atom is 0.307 e. The molecule has 1 fully saturated rings. The Balaban J connectivity index is 1.97. The molecule has 90 valence electrons. The summed E-state index contributed by atoms with van der Waals surface area (Å²) >= 11 is 0. The summed E-state index contributed by atoms with van der Waals surface area (Å²) in [5, 5.41) is 11.5. The van der Waals surface area contributed by atoms with Crippen molar-refractivity contribution in [2.24, 2.45) is 11.8 Å². The molecule has 0 heterocycles. The fraction of sp³-hybridized carbons (Fsp3) is 0.385. The monoisotopic (exact) mass is 233 g/mol. The number of carboxylic acids is 1. The molecular weight excluding hydrogens is 218 g/mol. The van der Waals surface area contributed by atoms with Gasteiger partial charge in [-0.3, -0.25) is 9.59 Å². The third-order valence-corrected chi connectivity index (χ3v) is 3.05. The van der Waals surface area contributed by atoms with E-state index in [9.17, 15) is 9.59 Å². The number of hydrogen-bond acceptors (Lipinski definition) is 2. The van der Waals surface area contributed by atoms with E-state index in [-0.39, 0.29) is 11.8 Å². The van der Waals surface area contributed by atoms with Gasteiger partial charge in [0.25, 0.3) is 0 Å². The van der Waals surface area contributed by atoms with Crippen molar-refractivity contribution < 1.29 is 14.7 Å². The lowest BCUT2D eigenvalue weighted by Gasteiger charge is -2.05. The van der Waals surface area contributed by atoms with Crippen LogP contribution in [-0.2, 0) is 16.0 Å². The minimum Gasteiger partial charge on any atom is -0.481 e. The summed E-state index contributed by atoms with van der Waals surface area (Å²) in [6, 6.07) is 7.61. The predicted molar refractivity (Wildman–Crippen MR) is 63.7 cm³/mol. The third-order valence-electron chi connectivity index (χ3n) is 3.05. The molecule has 0 aliphatic heterocycles. The van der Waals surface area contributed by atoms with E-state index in [0.717, 1.165) is 17.7 Å². The van der Waals surface area contributed by atoms with E-state index in [1.807, 2.05) is 31.2 Å². The topological polar surface area (TPSA) is 66.4 Å². The molecule has 1 aliphatic rings. The van der Waals surface area contributed by atoms with Crippen LogP contribution in [0.15, 0.2) is 24.3 Å². The van der Waals surface area contributed by atoms with Gasteiger partial charge >= 0.3 is 5.97 Å². The summed E-state index contributed by atoms with van der Waals surface area (Å²) < 4.78 is 0. The normalized spacial score (nSPS) is 21.9. The van der Waals surface area contributed by atoms with Crippen LogP contribution in [0.3, 0.4) is 0 Å². The summed E-state index contributed by atoms with van der Waals surface area (Å²) in [4.78, 5) is 22.4. The van der Waals surface area contributed by atoms with Gasteiger partial charge < -0.3 is 10.4 Å². The number of aryl methyl sites for hydroxylation is 1. The summed E-state index contributed by atoms with van der Waals surface area (Å²) in [6.45, 7) is 2.04. The second-order valence-electron chi connectivity index (χ2n) is 4.33. The number of carboxylic acid groups (broad SMARTS) is 1. The average Bonchev–Trinajstić information content (AvgIpc) is 3.09. The molecule has 1 aromatic rings. The molecule has 2 rings (SSSR count). The van der Waals surface area contributed by atoms with E-state index in [0.29, 0.717) is 6.42 Å². The first-order chi connectivity index (χ1) is 8.11. The van der Waals surface area contributed by atoms with Crippen LogP contribution in [0, 0.1) is 11.8 Å². The summed E-state index contributed by atoms with van der Waals surface area (Å²) in [7, 11) is 0. The predicted octanol–water partition coefficient (Wildman–Crippen LogP) is 1.91. The highest BCUT2D eigenvalue weighted by Gasteiger charge is 2.48. The molecular formula is C13H15NO3. The maximum absolute atomic E-state index is 11.7. The number of amides is 1. The Labute approximate surface area is 99.6 Å². The molecule has 17 heavy (non-hydrogen) atoms. The highest BCUT2D eigenvalue weighted by Crippen LogP contribution is 2.39. The number of rotatable bonds is 4. The van der Waals surface area contributed by atoms with E-state index in [4.69, 9.17) is 5.11 Å². The first-order valence-corrected chi connectivity index (χ1v) is 5.74. The molecule has 2 N–H and O–H groups in total. The number of carbonyl (C=O) groups excluding carboxylic acids is 1. The Morgan fingerprint density at radius 2 is 2.18 bits per heavy atom. The highest BCUT2D eigenvalue weighted by molar-refractivity contribution is 5.98. The van der Waals surface area contributed by atoms with Crippen molar-refractivity contribution in [3.05, 3.63) is 29.8 Å². The third kappa shape index (κ3) is 2.64. The van der Waals surface area contributed by atoms with E-state index < -0.39 is 11.9 Å². The molecule has 4 heteroatoms. The van der Waals surface area contributed by atoms with Gasteiger partial charge in [0.05, 0.1) is 11.8 Å². The number of anilines is 1. The van der Waals surface area contributed by atoms with E-state index in [1.165, 1.54) is 0 Å². The van der Waals surface area contributed by atoms with Crippen molar-refractivity contribution in [1.29, 1.82) is 0 Å². The molecule has 0 saturated heterocycles. The Hall–Kier alpha value is -1.84. The Morgan fingerprint density at radius 3 is 2.76 bits per heavy atom. The number of carbonyl (C=O) groups is 2. The summed E-state index contributed by atoms with van der Waals surface area (Å²) in [5.74, 6) is -1.93. The Bertz CT molecular complexity index is 456. The molecule has 4 nitrogen and oxygen atoms in total. The fourth-order valence-electron chi connectivity index (χ4n) is 1.86. The first kappa shape index (κ1) is 11.6. The van der Waals surface area contributed by atoms with Crippen LogP contribution in [-0.4, -0.2) is 17.0 Å². The van der Waals surface area contributed by atoms with Crippen molar-refractivity contribution in [3.8, 4) is 0 Å². The van der Waals surface area contributed by atoms with Gasteiger partial charge in [-0.2, -0.15) is 0 Å². The fourth-order valence-corrected chi connectivity index (χ4v) is 1.86. The lowest BCUT2D eigenvalue weighted by atomic mass is 10.1. The largest absolute Gasteiger partial charge is 0.481 e. The van der Waals surface area contributed by atoms with Gasteiger partial charge in [0.1, 0.15) is 0 Å². The molecule has 0 aromatic heterocycles. The smallest absolute Gasteiger partial charge is 0.307 e. The van der Waals surface area contributed by atoms with Gasteiger partial charge in [0, 0.05) is 5.69 Å². The number of benzene rings is 1.